The van der Waals surface area contributed by atoms with Crippen LogP contribution in [0.25, 0.3) is 0 Å². The first-order valence-corrected chi connectivity index (χ1v) is 9.80. The molecule has 0 bridgehead atoms. The summed E-state index contributed by atoms with van der Waals surface area (Å²) in [5, 5.41) is 3.06. The summed E-state index contributed by atoms with van der Waals surface area (Å²) in [5.74, 6) is 0. The van der Waals surface area contributed by atoms with Crippen LogP contribution < -0.4 is 10.0 Å². The van der Waals surface area contributed by atoms with Crippen LogP contribution >= 0.6 is 11.3 Å². The van der Waals surface area contributed by atoms with Crippen LogP contribution in [0.5, 0.6) is 0 Å². The van der Waals surface area contributed by atoms with Gasteiger partial charge in [0, 0.05) is 22.3 Å². The van der Waals surface area contributed by atoms with Crippen molar-refractivity contribution in [1.82, 2.24) is 10.0 Å². The van der Waals surface area contributed by atoms with E-state index < -0.39 is 10.0 Å². The van der Waals surface area contributed by atoms with Gasteiger partial charge in [-0.2, -0.15) is 0 Å². The minimum atomic E-state index is -3.39. The van der Waals surface area contributed by atoms with E-state index in [2.05, 4.69) is 23.9 Å². The summed E-state index contributed by atoms with van der Waals surface area (Å²) < 4.78 is 28.1. The van der Waals surface area contributed by atoms with Gasteiger partial charge in [-0.05, 0) is 51.1 Å². The molecular weight excluding hydrogens is 304 g/mol. The largest absolute Gasteiger partial charge is 0.315 e. The Bertz CT molecular complexity index is 581. The maximum Gasteiger partial charge on any atom is 0.241 e. The Morgan fingerprint density at radius 1 is 1.33 bits per heavy atom. The topological polar surface area (TPSA) is 58.2 Å². The Labute approximate surface area is 132 Å². The average molecular weight is 331 g/mol. The van der Waals surface area contributed by atoms with E-state index in [0.29, 0.717) is 16.9 Å². The molecular formula is C15H26N2O2S2. The number of hydrogen-bond acceptors (Lipinski definition) is 4. The van der Waals surface area contributed by atoms with Crippen LogP contribution in [0.4, 0.5) is 0 Å². The standard InChI is InChI=1S/C15H26N2O2S2/c1-11-14(9-13(20-11)10-16-4)21(18,19)17-12-5-7-15(2,3)8-6-12/h9,12,16-17H,5-8,10H2,1-4H3. The van der Waals surface area contributed by atoms with E-state index in [-0.39, 0.29) is 6.04 Å². The van der Waals surface area contributed by atoms with Crippen LogP contribution in [0.15, 0.2) is 11.0 Å². The van der Waals surface area contributed by atoms with Crippen molar-refractivity contribution < 1.29 is 8.42 Å². The van der Waals surface area contributed by atoms with Crippen LogP contribution in [0.1, 0.15) is 49.3 Å². The maximum atomic E-state index is 12.6. The Kier molecular flexibility index (Phi) is 5.13. The summed E-state index contributed by atoms with van der Waals surface area (Å²) in [7, 11) is -1.53. The average Bonchev–Trinajstić information content (AvgIpc) is 2.74. The van der Waals surface area contributed by atoms with Crippen molar-refractivity contribution >= 4 is 21.4 Å². The molecule has 6 heteroatoms. The molecule has 0 aliphatic heterocycles. The molecule has 0 atom stereocenters. The van der Waals surface area contributed by atoms with Gasteiger partial charge in [0.05, 0.1) is 4.90 Å². The second-order valence-corrected chi connectivity index (χ2v) is 9.75. The summed E-state index contributed by atoms with van der Waals surface area (Å²) in [6.07, 6.45) is 4.01. The fourth-order valence-corrected chi connectivity index (χ4v) is 5.80. The van der Waals surface area contributed by atoms with Crippen molar-refractivity contribution in [2.45, 2.75) is 63.9 Å². The zero-order chi connectivity index (χ0) is 15.7. The van der Waals surface area contributed by atoms with Crippen LogP contribution in [-0.2, 0) is 16.6 Å². The van der Waals surface area contributed by atoms with E-state index >= 15 is 0 Å². The highest BCUT2D eigenvalue weighted by Crippen LogP contribution is 2.36. The van der Waals surface area contributed by atoms with E-state index in [9.17, 15) is 8.42 Å². The van der Waals surface area contributed by atoms with Crippen molar-refractivity contribution in [2.24, 2.45) is 5.41 Å². The minimum Gasteiger partial charge on any atom is -0.315 e. The smallest absolute Gasteiger partial charge is 0.241 e. The summed E-state index contributed by atoms with van der Waals surface area (Å²) in [6.45, 7) is 7.09. The number of nitrogens with one attached hydrogen (secondary N) is 2. The van der Waals surface area contributed by atoms with E-state index in [1.807, 2.05) is 14.0 Å². The lowest BCUT2D eigenvalue weighted by Gasteiger charge is -2.34. The van der Waals surface area contributed by atoms with Crippen LogP contribution in [0.2, 0.25) is 0 Å². The molecule has 120 valence electrons. The first-order valence-electron chi connectivity index (χ1n) is 7.50. The number of aryl methyl sites for hydroxylation is 1. The highest BCUT2D eigenvalue weighted by Gasteiger charge is 2.30. The molecule has 1 aromatic rings. The lowest BCUT2D eigenvalue weighted by atomic mass is 9.76. The first-order chi connectivity index (χ1) is 9.73. The Morgan fingerprint density at radius 3 is 2.52 bits per heavy atom. The van der Waals surface area contributed by atoms with Gasteiger partial charge < -0.3 is 5.32 Å². The van der Waals surface area contributed by atoms with Crippen molar-refractivity contribution in [3.63, 3.8) is 0 Å². The van der Waals surface area contributed by atoms with Gasteiger partial charge in [-0.15, -0.1) is 11.3 Å². The van der Waals surface area contributed by atoms with Gasteiger partial charge >= 0.3 is 0 Å². The van der Waals surface area contributed by atoms with E-state index in [0.717, 1.165) is 35.4 Å². The predicted octanol–water partition coefficient (Wildman–Crippen LogP) is 3.02. The van der Waals surface area contributed by atoms with E-state index in [1.165, 1.54) is 0 Å². The third-order valence-electron chi connectivity index (χ3n) is 4.22. The lowest BCUT2D eigenvalue weighted by molar-refractivity contribution is 0.218. The second-order valence-electron chi connectivity index (χ2n) is 6.72. The molecule has 2 rings (SSSR count). The lowest BCUT2D eigenvalue weighted by Crippen LogP contribution is -2.39. The van der Waals surface area contributed by atoms with Crippen molar-refractivity contribution in [3.05, 3.63) is 15.8 Å². The van der Waals surface area contributed by atoms with Gasteiger partial charge in [0.15, 0.2) is 0 Å². The molecule has 1 fully saturated rings. The fourth-order valence-electron chi connectivity index (χ4n) is 2.85. The number of rotatable bonds is 5. The van der Waals surface area contributed by atoms with Crippen molar-refractivity contribution in [1.29, 1.82) is 0 Å². The van der Waals surface area contributed by atoms with Crippen LogP contribution in [-0.4, -0.2) is 21.5 Å². The molecule has 0 spiro atoms. The highest BCUT2D eigenvalue weighted by atomic mass is 32.2. The SMILES string of the molecule is CNCc1cc(S(=O)(=O)NC2CCC(C)(C)CC2)c(C)s1. The molecule has 4 nitrogen and oxygen atoms in total. The third-order valence-corrected chi connectivity index (χ3v) is 7.05. The van der Waals surface area contributed by atoms with Crippen LogP contribution in [0.3, 0.4) is 0 Å². The molecule has 0 saturated heterocycles. The van der Waals surface area contributed by atoms with E-state index in [4.69, 9.17) is 0 Å². The molecule has 1 saturated carbocycles. The highest BCUT2D eigenvalue weighted by molar-refractivity contribution is 7.89. The van der Waals surface area contributed by atoms with Crippen molar-refractivity contribution in [3.8, 4) is 0 Å². The molecule has 0 unspecified atom stereocenters. The molecule has 1 heterocycles. The first kappa shape index (κ1) is 16.9. The molecule has 0 amide bonds. The summed E-state index contributed by atoms with van der Waals surface area (Å²) >= 11 is 1.55. The van der Waals surface area contributed by atoms with Gasteiger partial charge in [0.25, 0.3) is 0 Å². The summed E-state index contributed by atoms with van der Waals surface area (Å²) in [5.41, 5.74) is 0.347. The van der Waals surface area contributed by atoms with Gasteiger partial charge in [0.1, 0.15) is 0 Å². The Hall–Kier alpha value is -0.430. The molecule has 0 aromatic carbocycles. The molecule has 1 aliphatic rings. The number of hydrogen-bond donors (Lipinski definition) is 2. The quantitative estimate of drug-likeness (QED) is 0.872. The normalized spacial score (nSPS) is 19.8. The predicted molar refractivity (Wildman–Crippen MR) is 88.2 cm³/mol. The second kappa shape index (κ2) is 6.36. The zero-order valence-corrected chi connectivity index (χ0v) is 15.0. The fraction of sp³-hybridized carbons (Fsp3) is 0.733. The maximum absolute atomic E-state index is 12.6. The monoisotopic (exact) mass is 330 g/mol. The summed E-state index contributed by atoms with van der Waals surface area (Å²) in [4.78, 5) is 2.37. The Balaban J connectivity index is 2.08. The van der Waals surface area contributed by atoms with Crippen molar-refractivity contribution in [2.75, 3.05) is 7.05 Å². The molecule has 0 radical (unpaired) electrons. The van der Waals surface area contributed by atoms with E-state index in [1.54, 1.807) is 17.4 Å². The van der Waals surface area contributed by atoms with Crippen LogP contribution in [0, 0.1) is 12.3 Å². The minimum absolute atomic E-state index is 0.0788. The number of thiophene rings is 1. The van der Waals surface area contributed by atoms with Gasteiger partial charge in [0.2, 0.25) is 10.0 Å². The molecule has 1 aromatic heterocycles. The van der Waals surface area contributed by atoms with Gasteiger partial charge in [-0.3, -0.25) is 0 Å². The van der Waals surface area contributed by atoms with Gasteiger partial charge in [-0.1, -0.05) is 13.8 Å². The Morgan fingerprint density at radius 2 is 1.95 bits per heavy atom. The third kappa shape index (κ3) is 4.28. The summed E-state index contributed by atoms with van der Waals surface area (Å²) in [6, 6.07) is 1.88. The zero-order valence-electron chi connectivity index (χ0n) is 13.3. The molecule has 1 aliphatic carbocycles. The number of sulfonamides is 1. The van der Waals surface area contributed by atoms with Gasteiger partial charge in [-0.25, -0.2) is 13.1 Å². The molecule has 21 heavy (non-hydrogen) atoms. The molecule has 2 N–H and O–H groups in total.